The van der Waals surface area contributed by atoms with Gasteiger partial charge >= 0.3 is 0 Å². The molecule has 2 aromatic heterocycles. The molecule has 0 N–H and O–H groups in total. The molecule has 0 bridgehead atoms. The summed E-state index contributed by atoms with van der Waals surface area (Å²) in [7, 11) is 0. The van der Waals surface area contributed by atoms with Gasteiger partial charge in [0.25, 0.3) is 17.5 Å². The number of hydrogen-bond acceptors (Lipinski definition) is 8. The summed E-state index contributed by atoms with van der Waals surface area (Å²) in [6, 6.07) is 9.48. The number of carbonyl (C=O) groups is 1. The second-order valence-corrected chi connectivity index (χ2v) is 6.78. The van der Waals surface area contributed by atoms with Crippen LogP contribution in [0.25, 0.3) is 10.8 Å². The number of hydrogen-bond donors (Lipinski definition) is 0. The number of benzene rings is 1. The van der Waals surface area contributed by atoms with Crippen LogP contribution in [0.15, 0.2) is 46.2 Å². The highest BCUT2D eigenvalue weighted by atomic mass is 32.1. The van der Waals surface area contributed by atoms with E-state index in [1.165, 1.54) is 29.5 Å². The second-order valence-electron chi connectivity index (χ2n) is 5.84. The van der Waals surface area contributed by atoms with Gasteiger partial charge in [-0.3, -0.25) is 14.9 Å². The van der Waals surface area contributed by atoms with Gasteiger partial charge in [0, 0.05) is 12.6 Å². The molecule has 0 aliphatic carbocycles. The lowest BCUT2D eigenvalue weighted by Gasteiger charge is -2.20. The Kier molecular flexibility index (Phi) is 6.33. The van der Waals surface area contributed by atoms with E-state index in [2.05, 4.69) is 10.2 Å². The molecule has 0 spiro atoms. The summed E-state index contributed by atoms with van der Waals surface area (Å²) in [4.78, 5) is 25.3. The molecule has 10 heteroatoms. The first-order valence-corrected chi connectivity index (χ1v) is 9.46. The molecule has 1 amide bonds. The highest BCUT2D eigenvalue weighted by Gasteiger charge is 2.18. The van der Waals surface area contributed by atoms with E-state index in [0.717, 1.165) is 11.3 Å². The zero-order valence-electron chi connectivity index (χ0n) is 15.1. The van der Waals surface area contributed by atoms with E-state index in [9.17, 15) is 14.9 Å². The third-order valence-corrected chi connectivity index (χ3v) is 4.62. The Morgan fingerprint density at radius 3 is 2.89 bits per heavy atom. The summed E-state index contributed by atoms with van der Waals surface area (Å²) in [5.74, 6) is 0.739. The summed E-state index contributed by atoms with van der Waals surface area (Å²) in [6.07, 6.45) is 0.745. The smallest absolute Gasteiger partial charge is 0.273 e. The molecule has 1 aromatic carbocycles. The molecule has 0 aliphatic rings. The number of ether oxygens (including phenoxy) is 1. The second kappa shape index (κ2) is 9.09. The maximum atomic E-state index is 12.5. The van der Waals surface area contributed by atoms with Gasteiger partial charge in [-0.1, -0.05) is 19.1 Å². The fourth-order valence-electron chi connectivity index (χ4n) is 2.47. The van der Waals surface area contributed by atoms with Crippen molar-refractivity contribution in [2.75, 3.05) is 13.2 Å². The van der Waals surface area contributed by atoms with Crippen LogP contribution in [-0.4, -0.2) is 39.1 Å². The highest BCUT2D eigenvalue weighted by Crippen LogP contribution is 2.23. The van der Waals surface area contributed by atoms with Crippen molar-refractivity contribution in [1.29, 1.82) is 0 Å². The van der Waals surface area contributed by atoms with Crippen LogP contribution in [0.4, 0.5) is 5.69 Å². The zero-order chi connectivity index (χ0) is 19.9. The SMILES string of the molecule is CCCN(Cc1nnc(-c2cccs2)o1)C(=O)COc1cccc([N+](=O)[O-])c1. The minimum atomic E-state index is -0.515. The summed E-state index contributed by atoms with van der Waals surface area (Å²) in [5.41, 5.74) is -0.0951. The molecule has 0 radical (unpaired) electrons. The van der Waals surface area contributed by atoms with Crippen LogP contribution in [0.3, 0.4) is 0 Å². The van der Waals surface area contributed by atoms with Crippen molar-refractivity contribution in [1.82, 2.24) is 15.1 Å². The number of aromatic nitrogens is 2. The lowest BCUT2D eigenvalue weighted by Crippen LogP contribution is -2.35. The molecular formula is C18H18N4O5S. The number of rotatable bonds is 9. The lowest BCUT2D eigenvalue weighted by molar-refractivity contribution is -0.384. The number of carbonyl (C=O) groups excluding carboxylic acids is 1. The van der Waals surface area contributed by atoms with E-state index in [1.807, 2.05) is 24.4 Å². The third-order valence-electron chi connectivity index (χ3n) is 3.76. The Balaban J connectivity index is 1.62. The average molecular weight is 402 g/mol. The molecular weight excluding hydrogens is 384 g/mol. The van der Waals surface area contributed by atoms with Gasteiger partial charge in [-0.15, -0.1) is 21.5 Å². The molecule has 146 valence electrons. The minimum absolute atomic E-state index is 0.0951. The number of nitro benzene ring substituents is 1. The molecule has 0 saturated carbocycles. The Morgan fingerprint density at radius 1 is 1.32 bits per heavy atom. The fraction of sp³-hybridized carbons (Fsp3) is 0.278. The zero-order valence-corrected chi connectivity index (χ0v) is 15.9. The van der Waals surface area contributed by atoms with E-state index in [4.69, 9.17) is 9.15 Å². The van der Waals surface area contributed by atoms with Crippen molar-refractivity contribution in [3.05, 3.63) is 57.8 Å². The van der Waals surface area contributed by atoms with Crippen molar-refractivity contribution in [2.24, 2.45) is 0 Å². The minimum Gasteiger partial charge on any atom is -0.484 e. The van der Waals surface area contributed by atoms with Crippen LogP contribution in [0.5, 0.6) is 5.75 Å². The van der Waals surface area contributed by atoms with Gasteiger partial charge in [-0.25, -0.2) is 0 Å². The quantitative estimate of drug-likeness (QED) is 0.397. The summed E-state index contributed by atoms with van der Waals surface area (Å²) in [5, 5.41) is 20.8. The molecule has 0 atom stereocenters. The van der Waals surface area contributed by atoms with Gasteiger partial charge in [0.15, 0.2) is 6.61 Å². The van der Waals surface area contributed by atoms with Gasteiger partial charge < -0.3 is 14.1 Å². The number of thiophene rings is 1. The van der Waals surface area contributed by atoms with Crippen LogP contribution in [0.2, 0.25) is 0 Å². The van der Waals surface area contributed by atoms with E-state index in [-0.39, 0.29) is 30.5 Å². The number of non-ortho nitro benzene ring substituents is 1. The number of nitro groups is 1. The monoisotopic (exact) mass is 402 g/mol. The van der Waals surface area contributed by atoms with E-state index in [1.54, 1.807) is 11.0 Å². The standard InChI is InChI=1S/C18H18N4O5S/c1-2-8-21(11-16-19-20-18(27-16)15-7-4-9-28-15)17(23)12-26-14-6-3-5-13(10-14)22(24)25/h3-7,9-10H,2,8,11-12H2,1H3. The molecule has 9 nitrogen and oxygen atoms in total. The lowest BCUT2D eigenvalue weighted by atomic mass is 10.3. The van der Waals surface area contributed by atoms with Crippen LogP contribution in [0.1, 0.15) is 19.2 Å². The van der Waals surface area contributed by atoms with Crippen molar-refractivity contribution in [2.45, 2.75) is 19.9 Å². The van der Waals surface area contributed by atoms with Crippen molar-refractivity contribution in [3.8, 4) is 16.5 Å². The summed E-state index contributed by atoms with van der Waals surface area (Å²) in [6.45, 7) is 2.37. The number of nitrogens with zero attached hydrogens (tertiary/aromatic N) is 4. The van der Waals surface area contributed by atoms with Gasteiger partial charge in [-0.05, 0) is 23.9 Å². The summed E-state index contributed by atoms with van der Waals surface area (Å²) < 4.78 is 11.1. The van der Waals surface area contributed by atoms with Crippen LogP contribution < -0.4 is 4.74 Å². The maximum absolute atomic E-state index is 12.5. The average Bonchev–Trinajstić information content (AvgIpc) is 3.37. The molecule has 2 heterocycles. The first-order valence-electron chi connectivity index (χ1n) is 8.58. The normalized spacial score (nSPS) is 10.6. The fourth-order valence-corrected chi connectivity index (χ4v) is 3.11. The molecule has 3 aromatic rings. The van der Waals surface area contributed by atoms with Crippen molar-refractivity contribution < 1.29 is 18.9 Å². The van der Waals surface area contributed by atoms with Gasteiger partial charge in [-0.2, -0.15) is 0 Å². The largest absolute Gasteiger partial charge is 0.484 e. The first-order chi connectivity index (χ1) is 13.6. The molecule has 0 unspecified atom stereocenters. The molecule has 0 fully saturated rings. The van der Waals surface area contributed by atoms with E-state index in [0.29, 0.717) is 18.3 Å². The Hall–Kier alpha value is -3.27. The summed E-state index contributed by atoms with van der Waals surface area (Å²) >= 11 is 1.49. The Labute approximate surface area is 164 Å². The van der Waals surface area contributed by atoms with Crippen LogP contribution in [-0.2, 0) is 11.3 Å². The molecule has 0 aliphatic heterocycles. The molecule has 3 rings (SSSR count). The van der Waals surface area contributed by atoms with Crippen molar-refractivity contribution >= 4 is 22.9 Å². The number of amides is 1. The van der Waals surface area contributed by atoms with Gasteiger partial charge in [0.1, 0.15) is 5.75 Å². The predicted molar refractivity (Wildman–Crippen MR) is 102 cm³/mol. The van der Waals surface area contributed by atoms with E-state index >= 15 is 0 Å². The van der Waals surface area contributed by atoms with Crippen LogP contribution in [0, 0.1) is 10.1 Å². The van der Waals surface area contributed by atoms with Crippen molar-refractivity contribution in [3.63, 3.8) is 0 Å². The third kappa shape index (κ3) is 4.92. The molecule has 0 saturated heterocycles. The Bertz CT molecular complexity index is 941. The van der Waals surface area contributed by atoms with E-state index < -0.39 is 4.92 Å². The molecule has 28 heavy (non-hydrogen) atoms. The van der Waals surface area contributed by atoms with Gasteiger partial charge in [0.05, 0.1) is 22.4 Å². The van der Waals surface area contributed by atoms with Crippen LogP contribution >= 0.6 is 11.3 Å². The first kappa shape index (κ1) is 19.5. The topological polar surface area (TPSA) is 112 Å². The maximum Gasteiger partial charge on any atom is 0.273 e. The predicted octanol–water partition coefficient (Wildman–Crippen LogP) is 3.52. The Morgan fingerprint density at radius 2 is 2.18 bits per heavy atom. The van der Waals surface area contributed by atoms with Gasteiger partial charge in [0.2, 0.25) is 5.89 Å². The highest BCUT2D eigenvalue weighted by molar-refractivity contribution is 7.13.